The number of benzene rings is 1. The fourth-order valence-electron chi connectivity index (χ4n) is 2.33. The van der Waals surface area contributed by atoms with Gasteiger partial charge in [-0.2, -0.15) is 0 Å². The van der Waals surface area contributed by atoms with Gasteiger partial charge in [0.1, 0.15) is 0 Å². The van der Waals surface area contributed by atoms with Gasteiger partial charge in [0, 0.05) is 6.54 Å². The summed E-state index contributed by atoms with van der Waals surface area (Å²) in [7, 11) is 0. The van der Waals surface area contributed by atoms with Gasteiger partial charge in [-0.25, -0.2) is 0 Å². The van der Waals surface area contributed by atoms with Crippen molar-refractivity contribution in [1.82, 2.24) is 4.90 Å². The molecule has 0 saturated heterocycles. The summed E-state index contributed by atoms with van der Waals surface area (Å²) in [6.45, 7) is -0.187. The first-order valence-corrected chi connectivity index (χ1v) is 5.82. The van der Waals surface area contributed by atoms with Gasteiger partial charge in [0.25, 0.3) is 0 Å². The Kier molecular flexibility index (Phi) is 3.74. The lowest BCUT2D eigenvalue weighted by Crippen LogP contribution is -2.42. The van der Waals surface area contributed by atoms with Crippen LogP contribution < -0.4 is 0 Å². The molecule has 1 atom stereocenters. The topological polar surface area (TPSA) is 40.5 Å². The lowest BCUT2D eigenvalue weighted by molar-refractivity contribution is -0.135. The Morgan fingerprint density at radius 2 is 2.18 bits per heavy atom. The molecule has 0 spiro atoms. The zero-order valence-electron chi connectivity index (χ0n) is 9.60. The number of carbonyl (C=O) groups excluding carboxylic acids is 1. The van der Waals surface area contributed by atoms with Gasteiger partial charge in [-0.05, 0) is 17.5 Å². The summed E-state index contributed by atoms with van der Waals surface area (Å²) in [5.41, 5.74) is 1.95. The smallest absolute Gasteiger partial charge is 0.227 e. The Hall–Kier alpha value is -1.42. The fourth-order valence-corrected chi connectivity index (χ4v) is 2.33. The number of halogens is 1. The van der Waals surface area contributed by atoms with E-state index in [1.54, 1.807) is 4.90 Å². The molecule has 0 bridgehead atoms. The third-order valence-electron chi connectivity index (χ3n) is 3.16. The number of carbonyl (C=O) groups is 1. The molecule has 0 saturated carbocycles. The predicted molar refractivity (Wildman–Crippen MR) is 62.3 cm³/mol. The number of hydrogen-bond acceptors (Lipinski definition) is 2. The quantitative estimate of drug-likeness (QED) is 0.861. The minimum absolute atomic E-state index is 0.0313. The molecular formula is C13H16FNO2. The zero-order valence-corrected chi connectivity index (χ0v) is 9.60. The number of aliphatic hydroxyl groups is 1. The highest BCUT2D eigenvalue weighted by molar-refractivity contribution is 5.81. The van der Waals surface area contributed by atoms with Gasteiger partial charge in [-0.3, -0.25) is 9.18 Å². The number of amides is 1. The minimum atomic E-state index is -0.441. The van der Waals surface area contributed by atoms with Crippen LogP contribution in [0.3, 0.4) is 0 Å². The van der Waals surface area contributed by atoms with Gasteiger partial charge in [0.05, 0.1) is 25.7 Å². The molecule has 0 aliphatic carbocycles. The second-order valence-electron chi connectivity index (χ2n) is 4.20. The van der Waals surface area contributed by atoms with Crippen molar-refractivity contribution in [3.05, 3.63) is 35.4 Å². The normalized spacial score (nSPS) is 19.3. The van der Waals surface area contributed by atoms with E-state index in [0.717, 1.165) is 11.1 Å². The first kappa shape index (κ1) is 12.0. The number of aliphatic hydroxyl groups excluding tert-OH is 1. The Morgan fingerprint density at radius 3 is 2.88 bits per heavy atom. The average Bonchev–Trinajstić information content (AvgIpc) is 2.35. The molecule has 1 aliphatic heterocycles. The number of fused-ring (bicyclic) bond motifs is 1. The van der Waals surface area contributed by atoms with Gasteiger partial charge in [0.15, 0.2) is 0 Å². The standard InChI is InChI=1S/C13H16FNO2/c14-6-3-7-15-12(9-16)11-5-2-1-4-10(11)8-13(15)17/h1-2,4-5,12,16H,3,6-9H2. The number of nitrogens with zero attached hydrogens (tertiary/aromatic N) is 1. The van der Waals surface area contributed by atoms with E-state index in [1.807, 2.05) is 24.3 Å². The maximum atomic E-state index is 12.2. The second kappa shape index (κ2) is 5.27. The van der Waals surface area contributed by atoms with E-state index in [9.17, 15) is 14.3 Å². The number of alkyl halides is 1. The van der Waals surface area contributed by atoms with Crippen LogP contribution in [-0.2, 0) is 11.2 Å². The maximum Gasteiger partial charge on any atom is 0.227 e. The van der Waals surface area contributed by atoms with E-state index in [2.05, 4.69) is 0 Å². The van der Waals surface area contributed by atoms with Crippen molar-refractivity contribution in [3.8, 4) is 0 Å². The molecule has 1 amide bonds. The highest BCUT2D eigenvalue weighted by Gasteiger charge is 2.31. The Bertz CT molecular complexity index is 408. The van der Waals surface area contributed by atoms with E-state index in [-0.39, 0.29) is 18.6 Å². The molecule has 1 aromatic carbocycles. The van der Waals surface area contributed by atoms with Crippen molar-refractivity contribution in [3.63, 3.8) is 0 Å². The number of hydrogen-bond donors (Lipinski definition) is 1. The van der Waals surface area contributed by atoms with Gasteiger partial charge in [-0.1, -0.05) is 24.3 Å². The van der Waals surface area contributed by atoms with E-state index in [4.69, 9.17) is 0 Å². The molecule has 1 aromatic rings. The van der Waals surface area contributed by atoms with Crippen LogP contribution in [0.4, 0.5) is 4.39 Å². The molecule has 1 unspecified atom stereocenters. The first-order valence-electron chi connectivity index (χ1n) is 5.82. The lowest BCUT2D eigenvalue weighted by atomic mass is 9.92. The highest BCUT2D eigenvalue weighted by atomic mass is 19.1. The second-order valence-corrected chi connectivity index (χ2v) is 4.20. The summed E-state index contributed by atoms with van der Waals surface area (Å²) in [5.74, 6) is -0.0313. The average molecular weight is 237 g/mol. The first-order chi connectivity index (χ1) is 8.27. The van der Waals surface area contributed by atoms with Gasteiger partial charge in [0.2, 0.25) is 5.91 Å². The van der Waals surface area contributed by atoms with Crippen molar-refractivity contribution < 1.29 is 14.3 Å². The minimum Gasteiger partial charge on any atom is -0.394 e. The molecule has 1 aliphatic rings. The molecule has 0 aromatic heterocycles. The molecule has 4 heteroatoms. The monoisotopic (exact) mass is 237 g/mol. The molecule has 0 fully saturated rings. The maximum absolute atomic E-state index is 12.2. The molecule has 3 nitrogen and oxygen atoms in total. The Labute approximate surface area is 99.9 Å². The summed E-state index contributed by atoms with van der Waals surface area (Å²) in [6.07, 6.45) is 0.670. The Morgan fingerprint density at radius 1 is 1.41 bits per heavy atom. The van der Waals surface area contributed by atoms with Crippen LogP contribution in [0.2, 0.25) is 0 Å². The summed E-state index contributed by atoms with van der Waals surface area (Å²) in [6, 6.07) is 7.29. The molecule has 92 valence electrons. The molecular weight excluding hydrogens is 221 g/mol. The van der Waals surface area contributed by atoms with Crippen LogP contribution in [-0.4, -0.2) is 35.7 Å². The van der Waals surface area contributed by atoms with Crippen LogP contribution in [0.15, 0.2) is 24.3 Å². The molecule has 0 radical (unpaired) electrons. The van der Waals surface area contributed by atoms with Gasteiger partial charge < -0.3 is 10.0 Å². The largest absolute Gasteiger partial charge is 0.394 e. The van der Waals surface area contributed by atoms with E-state index >= 15 is 0 Å². The van der Waals surface area contributed by atoms with Crippen molar-refractivity contribution in [2.24, 2.45) is 0 Å². The van der Waals surface area contributed by atoms with Crippen molar-refractivity contribution in [1.29, 1.82) is 0 Å². The van der Waals surface area contributed by atoms with Crippen LogP contribution in [0.25, 0.3) is 0 Å². The summed E-state index contributed by atoms with van der Waals surface area (Å²) >= 11 is 0. The van der Waals surface area contributed by atoms with Crippen LogP contribution in [0.5, 0.6) is 0 Å². The van der Waals surface area contributed by atoms with Crippen molar-refractivity contribution in [2.75, 3.05) is 19.8 Å². The van der Waals surface area contributed by atoms with Gasteiger partial charge in [-0.15, -0.1) is 0 Å². The highest BCUT2D eigenvalue weighted by Crippen LogP contribution is 2.29. The SMILES string of the molecule is O=C1Cc2ccccc2C(CO)N1CCCF. The predicted octanol–water partition coefficient (Wildman–Crippen LogP) is 1.46. The zero-order chi connectivity index (χ0) is 12.3. The molecule has 17 heavy (non-hydrogen) atoms. The van der Waals surface area contributed by atoms with E-state index < -0.39 is 6.67 Å². The summed E-state index contributed by atoms with van der Waals surface area (Å²) in [5, 5.41) is 9.44. The van der Waals surface area contributed by atoms with E-state index in [0.29, 0.717) is 19.4 Å². The summed E-state index contributed by atoms with van der Waals surface area (Å²) < 4.78 is 12.2. The van der Waals surface area contributed by atoms with E-state index in [1.165, 1.54) is 0 Å². The van der Waals surface area contributed by atoms with Crippen LogP contribution in [0.1, 0.15) is 23.6 Å². The lowest BCUT2D eigenvalue weighted by Gasteiger charge is -2.36. The molecule has 2 rings (SSSR count). The third-order valence-corrected chi connectivity index (χ3v) is 3.16. The third kappa shape index (κ3) is 2.31. The van der Waals surface area contributed by atoms with Crippen LogP contribution >= 0.6 is 0 Å². The molecule has 1 N–H and O–H groups in total. The fraction of sp³-hybridized carbons (Fsp3) is 0.462. The van der Waals surface area contributed by atoms with Crippen molar-refractivity contribution in [2.45, 2.75) is 18.9 Å². The van der Waals surface area contributed by atoms with Crippen molar-refractivity contribution >= 4 is 5.91 Å². The van der Waals surface area contributed by atoms with Crippen LogP contribution in [0, 0.1) is 0 Å². The summed E-state index contributed by atoms with van der Waals surface area (Å²) in [4.78, 5) is 13.5. The molecule has 1 heterocycles. The Balaban J connectivity index is 2.28. The van der Waals surface area contributed by atoms with Gasteiger partial charge >= 0.3 is 0 Å². The number of rotatable bonds is 4.